The molecule has 0 bridgehead atoms. The maximum absolute atomic E-state index is 11.9. The second kappa shape index (κ2) is 18.9. The maximum Gasteiger partial charge on any atom is 0.295 e. The lowest BCUT2D eigenvalue weighted by Crippen LogP contribution is -2.18. The topological polar surface area (TPSA) is 121 Å². The number of hydrogen-bond acceptors (Lipinski definition) is 5. The normalized spacial score (nSPS) is 11.7. The largest absolute Gasteiger partial charge is 0.381 e. The summed E-state index contributed by atoms with van der Waals surface area (Å²) in [6.45, 7) is 23.0. The molecule has 9 heteroatoms. The van der Waals surface area contributed by atoms with Gasteiger partial charge in [0.1, 0.15) is 4.90 Å². The van der Waals surface area contributed by atoms with Gasteiger partial charge in [0.25, 0.3) is 20.2 Å². The number of nitrogens with one attached hydrogen (secondary N) is 1. The summed E-state index contributed by atoms with van der Waals surface area (Å²) in [5.41, 5.74) is 1.35. The second-order valence-corrected chi connectivity index (χ2v) is 8.37. The van der Waals surface area contributed by atoms with Gasteiger partial charge in [0.2, 0.25) is 0 Å². The summed E-state index contributed by atoms with van der Waals surface area (Å²) in [4.78, 5) is -1.33. The third-order valence-electron chi connectivity index (χ3n) is 3.76. The number of allylic oxidation sites excluding steroid dienone is 4. The average Bonchev–Trinajstić information content (AvgIpc) is 2.83. The van der Waals surface area contributed by atoms with Gasteiger partial charge < -0.3 is 5.32 Å². The molecule has 7 nitrogen and oxygen atoms in total. The standard InChI is InChI=1S/C19H23NO6S2.3C2H6/c1-5-9-10-14(6-2)13-20-17(8-4)19-15(7-3)11-16(27(21,22)23)12-18(19)28(24,25)26;3*1-2/h5-12,20H,1,3,13H2,2,4H3,(H,21,22,23)(H,24,25,26);3*1-2H3/b10-9-,14-6+,17-8+;;;. The van der Waals surface area contributed by atoms with Crippen LogP contribution in [0.5, 0.6) is 0 Å². The van der Waals surface area contributed by atoms with E-state index in [-0.39, 0.29) is 11.1 Å². The van der Waals surface area contributed by atoms with Gasteiger partial charge in [-0.05, 0) is 37.1 Å². The molecule has 0 atom stereocenters. The molecule has 0 heterocycles. The summed E-state index contributed by atoms with van der Waals surface area (Å²) < 4.78 is 65.7. The van der Waals surface area contributed by atoms with Crippen LogP contribution in [0.3, 0.4) is 0 Å². The zero-order valence-corrected chi connectivity index (χ0v) is 23.2. The van der Waals surface area contributed by atoms with Crippen molar-refractivity contribution in [3.8, 4) is 0 Å². The van der Waals surface area contributed by atoms with E-state index in [9.17, 15) is 25.9 Å². The van der Waals surface area contributed by atoms with Crippen molar-refractivity contribution in [2.75, 3.05) is 6.54 Å². The van der Waals surface area contributed by atoms with E-state index in [0.717, 1.165) is 11.6 Å². The average molecular weight is 516 g/mol. The van der Waals surface area contributed by atoms with Crippen LogP contribution in [0.25, 0.3) is 11.8 Å². The van der Waals surface area contributed by atoms with Gasteiger partial charge in [-0.2, -0.15) is 16.8 Å². The molecular weight excluding hydrogens is 474 g/mol. The van der Waals surface area contributed by atoms with Gasteiger partial charge in [-0.25, -0.2) is 0 Å². The highest BCUT2D eigenvalue weighted by Gasteiger charge is 2.25. The van der Waals surface area contributed by atoms with E-state index in [1.54, 1.807) is 25.2 Å². The Morgan fingerprint density at radius 2 is 1.44 bits per heavy atom. The molecule has 194 valence electrons. The van der Waals surface area contributed by atoms with Crippen molar-refractivity contribution in [1.29, 1.82) is 0 Å². The third kappa shape index (κ3) is 12.1. The van der Waals surface area contributed by atoms with Crippen LogP contribution in [0.2, 0.25) is 0 Å². The number of rotatable bonds is 9. The van der Waals surface area contributed by atoms with Crippen molar-refractivity contribution in [1.82, 2.24) is 5.32 Å². The highest BCUT2D eigenvalue weighted by atomic mass is 32.2. The van der Waals surface area contributed by atoms with Gasteiger partial charge in [0.05, 0.1) is 4.90 Å². The monoisotopic (exact) mass is 515 g/mol. The summed E-state index contributed by atoms with van der Waals surface area (Å²) in [7, 11) is -9.51. The smallest absolute Gasteiger partial charge is 0.295 e. The first-order valence-corrected chi connectivity index (χ1v) is 14.0. The van der Waals surface area contributed by atoms with Crippen molar-refractivity contribution in [3.63, 3.8) is 0 Å². The quantitative estimate of drug-likeness (QED) is 0.252. The first-order chi connectivity index (χ1) is 16.0. The van der Waals surface area contributed by atoms with Crippen LogP contribution in [0.1, 0.15) is 66.5 Å². The van der Waals surface area contributed by atoms with Gasteiger partial charge >= 0.3 is 0 Å². The Bertz CT molecular complexity index is 1060. The first-order valence-electron chi connectivity index (χ1n) is 11.1. The molecule has 0 unspecified atom stereocenters. The Kier molecular flexibility index (Phi) is 20.1. The molecule has 34 heavy (non-hydrogen) atoms. The predicted molar refractivity (Wildman–Crippen MR) is 145 cm³/mol. The molecule has 0 fully saturated rings. The summed E-state index contributed by atoms with van der Waals surface area (Å²) in [5.74, 6) is 0. The van der Waals surface area contributed by atoms with Crippen LogP contribution in [0, 0.1) is 0 Å². The molecule has 0 aliphatic rings. The second-order valence-electron chi connectivity index (χ2n) is 5.55. The lowest BCUT2D eigenvalue weighted by Gasteiger charge is -2.18. The van der Waals surface area contributed by atoms with Crippen LogP contribution >= 0.6 is 0 Å². The Labute approximate surface area is 207 Å². The van der Waals surface area contributed by atoms with E-state index in [4.69, 9.17) is 0 Å². The van der Waals surface area contributed by atoms with Crippen molar-refractivity contribution in [2.45, 2.75) is 65.2 Å². The summed E-state index contributed by atoms with van der Waals surface area (Å²) >= 11 is 0. The molecular formula is C25H41NO6S2. The molecule has 0 radical (unpaired) electrons. The number of hydrogen-bond donors (Lipinski definition) is 3. The van der Waals surface area contributed by atoms with Crippen molar-refractivity contribution < 1.29 is 25.9 Å². The molecule has 0 saturated carbocycles. The van der Waals surface area contributed by atoms with Gasteiger partial charge in [0.15, 0.2) is 0 Å². The van der Waals surface area contributed by atoms with Crippen LogP contribution in [0.4, 0.5) is 0 Å². The fraction of sp³-hybridized carbons (Fsp3) is 0.360. The van der Waals surface area contributed by atoms with Gasteiger partial charge in [-0.3, -0.25) is 9.11 Å². The van der Waals surface area contributed by atoms with Gasteiger partial charge in [-0.1, -0.05) is 91.2 Å². The lowest BCUT2D eigenvalue weighted by atomic mass is 10.0. The zero-order chi connectivity index (χ0) is 27.5. The fourth-order valence-corrected chi connectivity index (χ4v) is 3.77. The van der Waals surface area contributed by atoms with Gasteiger partial charge in [0, 0.05) is 17.8 Å². The minimum Gasteiger partial charge on any atom is -0.381 e. The Morgan fingerprint density at radius 1 is 0.912 bits per heavy atom. The Morgan fingerprint density at radius 3 is 1.79 bits per heavy atom. The highest BCUT2D eigenvalue weighted by Crippen LogP contribution is 2.30. The first kappa shape index (κ1) is 36.1. The SMILES string of the molecule is C=C/C=C\C(=C/C)CN/C(=C/C)c1c(C=C)cc(S(=O)(=O)O)cc1S(=O)(=O)O.CC.CC.CC. The highest BCUT2D eigenvalue weighted by molar-refractivity contribution is 7.86. The van der Waals surface area contributed by atoms with Crippen LogP contribution < -0.4 is 5.32 Å². The maximum atomic E-state index is 11.9. The molecule has 0 aromatic heterocycles. The van der Waals surface area contributed by atoms with E-state index >= 15 is 0 Å². The molecule has 0 amide bonds. The molecule has 1 aromatic carbocycles. The summed E-state index contributed by atoms with van der Waals surface area (Å²) in [6.07, 6.45) is 9.83. The Balaban J connectivity index is -0.00000148. The molecule has 1 aromatic rings. The van der Waals surface area contributed by atoms with Crippen LogP contribution in [0.15, 0.2) is 71.0 Å². The minimum atomic E-state index is -4.81. The van der Waals surface area contributed by atoms with Crippen LogP contribution in [-0.4, -0.2) is 32.5 Å². The minimum absolute atomic E-state index is 0.0375. The molecule has 0 aliphatic heterocycles. The zero-order valence-electron chi connectivity index (χ0n) is 21.6. The van der Waals surface area contributed by atoms with Crippen molar-refractivity contribution >= 4 is 32.0 Å². The summed E-state index contributed by atoms with van der Waals surface area (Å²) in [5, 5.41) is 3.06. The fourth-order valence-electron chi connectivity index (χ4n) is 2.39. The van der Waals surface area contributed by atoms with Crippen molar-refractivity contribution in [3.05, 3.63) is 72.4 Å². The third-order valence-corrected chi connectivity index (χ3v) is 5.47. The molecule has 3 N–H and O–H groups in total. The van der Waals surface area contributed by atoms with E-state index in [2.05, 4.69) is 18.5 Å². The molecule has 0 spiro atoms. The summed E-state index contributed by atoms with van der Waals surface area (Å²) in [6, 6.07) is 1.78. The lowest BCUT2D eigenvalue weighted by molar-refractivity contribution is 0.480. The van der Waals surface area contributed by atoms with Crippen LogP contribution in [-0.2, 0) is 20.2 Å². The number of benzene rings is 1. The van der Waals surface area contributed by atoms with E-state index in [1.165, 1.54) is 6.08 Å². The van der Waals surface area contributed by atoms with Gasteiger partial charge in [-0.15, -0.1) is 0 Å². The predicted octanol–water partition coefficient (Wildman–Crippen LogP) is 6.54. The van der Waals surface area contributed by atoms with Crippen molar-refractivity contribution in [2.24, 2.45) is 0 Å². The molecule has 0 aliphatic carbocycles. The Hall–Kier alpha value is -2.46. The molecule has 1 rings (SSSR count). The van der Waals surface area contributed by atoms with E-state index in [0.29, 0.717) is 18.3 Å². The molecule has 0 saturated heterocycles. The van der Waals surface area contributed by atoms with E-state index < -0.39 is 30.0 Å². The van der Waals surface area contributed by atoms with E-state index in [1.807, 2.05) is 60.6 Å².